The smallest absolute Gasteiger partial charge is 0.255 e. The van der Waals surface area contributed by atoms with Crippen molar-refractivity contribution < 1.29 is 14.3 Å². The number of ether oxygens (including phenoxy) is 2. The number of para-hydroxylation sites is 3. The van der Waals surface area contributed by atoms with Crippen LogP contribution in [-0.4, -0.2) is 27.8 Å². The molecule has 1 atom stereocenters. The normalized spacial score (nSPS) is 14.6. The van der Waals surface area contributed by atoms with Crippen LogP contribution in [0.5, 0.6) is 11.5 Å². The van der Waals surface area contributed by atoms with Gasteiger partial charge < -0.3 is 20.1 Å². The van der Waals surface area contributed by atoms with E-state index >= 15 is 0 Å². The molecule has 8 nitrogen and oxygen atoms in total. The first kappa shape index (κ1) is 23.2. The third-order valence-electron chi connectivity index (χ3n) is 6.25. The van der Waals surface area contributed by atoms with Crippen molar-refractivity contribution in [3.05, 3.63) is 107 Å². The summed E-state index contributed by atoms with van der Waals surface area (Å²) in [7, 11) is 1.57. The number of carbonyl (C=O) groups is 1. The van der Waals surface area contributed by atoms with Gasteiger partial charge in [-0.3, -0.25) is 4.79 Å². The lowest BCUT2D eigenvalue weighted by molar-refractivity contribution is -0.113. The Labute approximate surface area is 209 Å². The van der Waals surface area contributed by atoms with Gasteiger partial charge in [0.15, 0.2) is 0 Å². The molecule has 4 aromatic rings. The first-order valence-electron chi connectivity index (χ1n) is 11.6. The van der Waals surface area contributed by atoms with E-state index in [1.807, 2.05) is 61.5 Å². The van der Waals surface area contributed by atoms with Gasteiger partial charge in [0.1, 0.15) is 30.5 Å². The first-order chi connectivity index (χ1) is 17.6. The summed E-state index contributed by atoms with van der Waals surface area (Å²) in [4.78, 5) is 18.1. The van der Waals surface area contributed by atoms with Gasteiger partial charge in [0, 0.05) is 11.3 Å². The second kappa shape index (κ2) is 9.95. The number of rotatable bonds is 7. The topological polar surface area (TPSA) is 90.3 Å². The quantitative estimate of drug-likeness (QED) is 0.382. The molecule has 0 saturated carbocycles. The molecule has 8 heteroatoms. The molecule has 1 amide bonds. The molecule has 0 spiro atoms. The number of fused-ring (bicyclic) bond motifs is 1. The van der Waals surface area contributed by atoms with E-state index in [9.17, 15) is 4.79 Å². The van der Waals surface area contributed by atoms with Crippen LogP contribution in [0.1, 0.15) is 29.7 Å². The lowest BCUT2D eigenvalue weighted by Crippen LogP contribution is -2.31. The van der Waals surface area contributed by atoms with Crippen molar-refractivity contribution in [1.82, 2.24) is 14.8 Å². The Hall–Kier alpha value is -4.59. The highest BCUT2D eigenvalue weighted by Gasteiger charge is 2.35. The van der Waals surface area contributed by atoms with Gasteiger partial charge in [0.2, 0.25) is 5.95 Å². The van der Waals surface area contributed by atoms with Gasteiger partial charge in [0.25, 0.3) is 5.91 Å². The van der Waals surface area contributed by atoms with Crippen LogP contribution in [0.15, 0.2) is 90.4 Å². The van der Waals surface area contributed by atoms with Crippen LogP contribution >= 0.6 is 0 Å². The van der Waals surface area contributed by atoms with Gasteiger partial charge in [-0.05, 0) is 43.2 Å². The maximum atomic E-state index is 13.7. The molecule has 5 rings (SSSR count). The summed E-state index contributed by atoms with van der Waals surface area (Å²) in [5.74, 6) is 1.53. The monoisotopic (exact) mass is 481 g/mol. The van der Waals surface area contributed by atoms with Gasteiger partial charge in [-0.15, -0.1) is 0 Å². The average molecular weight is 482 g/mol. The predicted molar refractivity (Wildman–Crippen MR) is 138 cm³/mol. The number of aromatic nitrogens is 3. The molecule has 36 heavy (non-hydrogen) atoms. The lowest BCUT2D eigenvalue weighted by Gasteiger charge is -2.30. The second-order valence-electron chi connectivity index (χ2n) is 8.50. The van der Waals surface area contributed by atoms with Crippen LogP contribution in [-0.2, 0) is 11.4 Å². The van der Waals surface area contributed by atoms with Gasteiger partial charge in [-0.2, -0.15) is 10.1 Å². The second-order valence-corrected chi connectivity index (χ2v) is 8.50. The summed E-state index contributed by atoms with van der Waals surface area (Å²) >= 11 is 0. The maximum Gasteiger partial charge on any atom is 0.255 e. The highest BCUT2D eigenvalue weighted by Crippen LogP contribution is 2.39. The molecule has 0 bridgehead atoms. The van der Waals surface area contributed by atoms with Crippen molar-refractivity contribution in [2.24, 2.45) is 0 Å². The highest BCUT2D eigenvalue weighted by molar-refractivity contribution is 6.06. The lowest BCUT2D eigenvalue weighted by atomic mass is 9.94. The summed E-state index contributed by atoms with van der Waals surface area (Å²) in [6.45, 7) is 4.33. The number of benzene rings is 3. The molecule has 1 aliphatic heterocycles. The van der Waals surface area contributed by atoms with Crippen LogP contribution in [0.3, 0.4) is 0 Å². The van der Waals surface area contributed by atoms with Gasteiger partial charge in [0.05, 0.1) is 18.4 Å². The Bertz CT molecular complexity index is 1440. The van der Waals surface area contributed by atoms with E-state index in [0.717, 1.165) is 16.7 Å². The fourth-order valence-corrected chi connectivity index (χ4v) is 4.38. The molecule has 1 unspecified atom stereocenters. The molecule has 182 valence electrons. The number of carbonyl (C=O) groups excluding carboxylic acids is 1. The molecule has 2 heterocycles. The van der Waals surface area contributed by atoms with Crippen LogP contribution in [0.4, 0.5) is 11.6 Å². The van der Waals surface area contributed by atoms with E-state index in [2.05, 4.69) is 33.7 Å². The summed E-state index contributed by atoms with van der Waals surface area (Å²) in [6, 6.07) is 22.6. The Morgan fingerprint density at radius 3 is 2.53 bits per heavy atom. The minimum absolute atomic E-state index is 0.274. The zero-order valence-corrected chi connectivity index (χ0v) is 20.4. The Morgan fingerprint density at radius 2 is 1.72 bits per heavy atom. The van der Waals surface area contributed by atoms with Crippen molar-refractivity contribution in [3.8, 4) is 11.5 Å². The molecule has 0 fully saturated rings. The number of amides is 1. The molecule has 0 saturated heterocycles. The van der Waals surface area contributed by atoms with Gasteiger partial charge >= 0.3 is 0 Å². The molecule has 0 aliphatic carbocycles. The van der Waals surface area contributed by atoms with Gasteiger partial charge in [-0.25, -0.2) is 4.68 Å². The number of methoxy groups -OCH3 is 1. The van der Waals surface area contributed by atoms with Crippen molar-refractivity contribution in [1.29, 1.82) is 0 Å². The highest BCUT2D eigenvalue weighted by atomic mass is 16.5. The number of allylic oxidation sites excluding steroid dienone is 1. The molecule has 0 radical (unpaired) electrons. The van der Waals surface area contributed by atoms with E-state index in [-0.39, 0.29) is 5.91 Å². The average Bonchev–Trinajstić information content (AvgIpc) is 3.36. The minimum Gasteiger partial charge on any atom is -0.495 e. The minimum atomic E-state index is -0.550. The summed E-state index contributed by atoms with van der Waals surface area (Å²) in [5, 5.41) is 10.7. The number of hydrogen-bond acceptors (Lipinski definition) is 6. The number of hydrogen-bond donors (Lipinski definition) is 2. The number of nitrogens with one attached hydrogen (secondary N) is 2. The number of aryl methyl sites for hydroxylation is 1. The van der Waals surface area contributed by atoms with Crippen molar-refractivity contribution in [3.63, 3.8) is 0 Å². The zero-order chi connectivity index (χ0) is 25.1. The van der Waals surface area contributed by atoms with E-state index in [0.29, 0.717) is 41.0 Å². The summed E-state index contributed by atoms with van der Waals surface area (Å²) in [6.07, 6.45) is 1.47. The maximum absolute atomic E-state index is 13.7. The van der Waals surface area contributed by atoms with Gasteiger partial charge in [-0.1, -0.05) is 54.6 Å². The largest absolute Gasteiger partial charge is 0.495 e. The first-order valence-corrected chi connectivity index (χ1v) is 11.6. The zero-order valence-electron chi connectivity index (χ0n) is 20.4. The SMILES string of the molecule is COc1ccccc1NC(=O)C1=C(C)Nc2ncnn2C1c1ccccc1OCc1ccccc1C. The van der Waals surface area contributed by atoms with Crippen molar-refractivity contribution in [2.75, 3.05) is 17.7 Å². The standard InChI is InChI=1S/C28H27N5O3/c1-18-10-4-5-11-20(18)16-36-23-14-8-6-12-21(23)26-25(19(2)31-28-29-17-30-33(26)28)27(34)32-22-13-7-9-15-24(22)35-3/h4-15,17,26H,16H2,1-3H3,(H,32,34)(H,29,30,31). The molecular weight excluding hydrogens is 454 g/mol. The molecular formula is C28H27N5O3. The fraction of sp³-hybridized carbons (Fsp3) is 0.179. The van der Waals surface area contributed by atoms with Crippen LogP contribution in [0, 0.1) is 6.92 Å². The summed E-state index contributed by atoms with van der Waals surface area (Å²) < 4.78 is 13.4. The van der Waals surface area contributed by atoms with Crippen LogP contribution in [0.2, 0.25) is 0 Å². The number of anilines is 2. The number of nitrogens with zero attached hydrogens (tertiary/aromatic N) is 3. The predicted octanol–water partition coefficient (Wildman–Crippen LogP) is 5.10. The van der Waals surface area contributed by atoms with Crippen LogP contribution < -0.4 is 20.1 Å². The summed E-state index contributed by atoms with van der Waals surface area (Å²) in [5.41, 5.74) is 4.83. The molecule has 1 aliphatic rings. The fourth-order valence-electron chi connectivity index (χ4n) is 4.38. The third-order valence-corrected chi connectivity index (χ3v) is 6.25. The van der Waals surface area contributed by atoms with Crippen LogP contribution in [0.25, 0.3) is 0 Å². The Kier molecular flexibility index (Phi) is 6.40. The van der Waals surface area contributed by atoms with Crippen molar-refractivity contribution in [2.45, 2.75) is 26.5 Å². The molecule has 2 N–H and O–H groups in total. The Morgan fingerprint density at radius 1 is 1.00 bits per heavy atom. The molecule has 3 aromatic carbocycles. The van der Waals surface area contributed by atoms with E-state index in [1.165, 1.54) is 6.33 Å². The molecule has 1 aromatic heterocycles. The Balaban J connectivity index is 1.53. The van der Waals surface area contributed by atoms with E-state index in [1.54, 1.807) is 23.9 Å². The van der Waals surface area contributed by atoms with Crippen molar-refractivity contribution >= 4 is 17.5 Å². The third kappa shape index (κ3) is 4.40. The van der Waals surface area contributed by atoms with E-state index in [4.69, 9.17) is 9.47 Å². The van der Waals surface area contributed by atoms with E-state index < -0.39 is 6.04 Å².